The van der Waals surface area contributed by atoms with Crippen LogP contribution >= 0.6 is 24.0 Å². The van der Waals surface area contributed by atoms with Gasteiger partial charge in [0.1, 0.15) is 5.75 Å². The molecule has 0 unspecified atom stereocenters. The van der Waals surface area contributed by atoms with Crippen molar-refractivity contribution in [2.45, 2.75) is 55.7 Å². The predicted octanol–water partition coefficient (Wildman–Crippen LogP) is 5.43. The Morgan fingerprint density at radius 1 is 1.12 bits per heavy atom. The van der Waals surface area contributed by atoms with Crippen molar-refractivity contribution < 1.29 is 5.11 Å². The number of aromatic hydroxyl groups is 1. The number of benzene rings is 2. The molecule has 3 rings (SSSR count). The van der Waals surface area contributed by atoms with Gasteiger partial charge in [-0.15, -0.1) is 11.8 Å². The molecule has 0 saturated heterocycles. The van der Waals surface area contributed by atoms with Crippen LogP contribution in [0.15, 0.2) is 47.4 Å². The molecule has 0 fully saturated rings. The van der Waals surface area contributed by atoms with Crippen molar-refractivity contribution in [1.29, 1.82) is 0 Å². The highest BCUT2D eigenvalue weighted by Gasteiger charge is 2.38. The molecule has 1 heterocycles. The summed E-state index contributed by atoms with van der Waals surface area (Å²) in [6.45, 7) is 9.89. The van der Waals surface area contributed by atoms with Gasteiger partial charge in [0, 0.05) is 21.9 Å². The van der Waals surface area contributed by atoms with Crippen molar-refractivity contribution in [3.05, 3.63) is 53.6 Å². The first-order valence-electron chi connectivity index (χ1n) is 8.81. The fraction of sp³-hybridized carbons (Fsp3) is 0.381. The maximum Gasteiger partial charge on any atom is 0.171 e. The molecule has 0 bridgehead atoms. The topological polar surface area (TPSA) is 44.3 Å². The van der Waals surface area contributed by atoms with E-state index in [1.54, 1.807) is 12.1 Å². The van der Waals surface area contributed by atoms with Crippen molar-refractivity contribution in [2.24, 2.45) is 0 Å². The van der Waals surface area contributed by atoms with Crippen LogP contribution < -0.4 is 10.6 Å². The molecule has 0 spiro atoms. The van der Waals surface area contributed by atoms with E-state index >= 15 is 0 Å². The van der Waals surface area contributed by atoms with E-state index in [1.165, 1.54) is 10.5 Å². The molecule has 1 aliphatic heterocycles. The number of hydrogen-bond acceptors (Lipinski definition) is 3. The molecule has 3 nitrogen and oxygen atoms in total. The quantitative estimate of drug-likeness (QED) is 0.614. The second-order valence-corrected chi connectivity index (χ2v) is 10.3. The molecule has 0 aromatic heterocycles. The summed E-state index contributed by atoms with van der Waals surface area (Å²) in [5.41, 5.74) is 3.61. The Hall–Kier alpha value is -1.72. The normalized spacial score (nSPS) is 17.2. The second kappa shape index (κ2) is 7.12. The number of fused-ring (bicyclic) bond motifs is 1. The number of nitrogens with one attached hydrogen (secondary N) is 2. The summed E-state index contributed by atoms with van der Waals surface area (Å²) in [7, 11) is 0. The van der Waals surface area contributed by atoms with Crippen LogP contribution in [0.2, 0.25) is 0 Å². The molecule has 0 amide bonds. The monoisotopic (exact) mass is 386 g/mol. The number of hydrogen-bond donors (Lipinski definition) is 3. The van der Waals surface area contributed by atoms with Gasteiger partial charge in [0.05, 0.1) is 0 Å². The summed E-state index contributed by atoms with van der Waals surface area (Å²) in [6.07, 6.45) is 1.14. The zero-order valence-corrected chi connectivity index (χ0v) is 17.4. The third-order valence-electron chi connectivity index (χ3n) is 4.61. The lowest BCUT2D eigenvalue weighted by Gasteiger charge is -2.41. The van der Waals surface area contributed by atoms with Crippen molar-refractivity contribution in [3.63, 3.8) is 0 Å². The Morgan fingerprint density at radius 2 is 1.81 bits per heavy atom. The lowest BCUT2D eigenvalue weighted by molar-refractivity contribution is 0.408. The zero-order valence-electron chi connectivity index (χ0n) is 15.7. The van der Waals surface area contributed by atoms with Crippen molar-refractivity contribution in [1.82, 2.24) is 5.32 Å². The zero-order chi connectivity index (χ0) is 18.9. The van der Waals surface area contributed by atoms with Gasteiger partial charge in [0.2, 0.25) is 0 Å². The van der Waals surface area contributed by atoms with Crippen LogP contribution in [-0.4, -0.2) is 15.0 Å². The van der Waals surface area contributed by atoms with Crippen LogP contribution in [-0.2, 0) is 12.0 Å². The lowest BCUT2D eigenvalue weighted by Crippen LogP contribution is -2.34. The lowest BCUT2D eigenvalue weighted by atomic mass is 9.77. The molecule has 26 heavy (non-hydrogen) atoms. The van der Waals surface area contributed by atoms with Crippen LogP contribution in [0.4, 0.5) is 5.69 Å². The predicted molar refractivity (Wildman–Crippen MR) is 115 cm³/mol. The van der Waals surface area contributed by atoms with Gasteiger partial charge in [-0.05, 0) is 65.5 Å². The van der Waals surface area contributed by atoms with E-state index in [4.69, 9.17) is 12.2 Å². The standard InChI is InChI=1S/C21H26N2OS2/c1-20(2)13-21(3,4)26-18-10-7-15(11-17(18)20)23-19(25)22-12-14-5-8-16(24)9-6-14/h5-11,24H,12-13H2,1-4H3,(H2,22,23,25). The first-order valence-corrected chi connectivity index (χ1v) is 10.0. The third kappa shape index (κ3) is 4.51. The number of phenolic OH excluding ortho intramolecular Hbond substituents is 1. The molecule has 0 radical (unpaired) electrons. The highest BCUT2D eigenvalue weighted by Crippen LogP contribution is 2.51. The van der Waals surface area contributed by atoms with E-state index in [9.17, 15) is 5.11 Å². The number of thiocarbonyl (C=S) groups is 1. The van der Waals surface area contributed by atoms with Gasteiger partial charge in [-0.2, -0.15) is 0 Å². The van der Waals surface area contributed by atoms with Crippen LogP contribution in [0.1, 0.15) is 45.2 Å². The average molecular weight is 387 g/mol. The number of anilines is 1. The van der Waals surface area contributed by atoms with Crippen LogP contribution in [0, 0.1) is 0 Å². The van der Waals surface area contributed by atoms with Crippen LogP contribution in [0.5, 0.6) is 5.75 Å². The first-order chi connectivity index (χ1) is 12.1. The molecule has 0 saturated carbocycles. The Bertz CT molecular complexity index is 813. The molecule has 138 valence electrons. The van der Waals surface area contributed by atoms with E-state index in [2.05, 4.69) is 56.5 Å². The summed E-state index contributed by atoms with van der Waals surface area (Å²) < 4.78 is 0.256. The van der Waals surface area contributed by atoms with E-state index in [0.29, 0.717) is 11.7 Å². The van der Waals surface area contributed by atoms with Gasteiger partial charge in [-0.25, -0.2) is 0 Å². The van der Waals surface area contributed by atoms with Crippen molar-refractivity contribution in [2.75, 3.05) is 5.32 Å². The summed E-state index contributed by atoms with van der Waals surface area (Å²) in [5, 5.41) is 16.4. The number of rotatable bonds is 3. The van der Waals surface area contributed by atoms with Crippen LogP contribution in [0.25, 0.3) is 0 Å². The van der Waals surface area contributed by atoms with E-state index < -0.39 is 0 Å². The molecule has 0 aliphatic carbocycles. The van der Waals surface area contributed by atoms with Gasteiger partial charge in [-0.3, -0.25) is 0 Å². The SMILES string of the molecule is CC1(C)CC(C)(C)c2cc(NC(=S)NCc3ccc(O)cc3)ccc2S1. The largest absolute Gasteiger partial charge is 0.508 e. The van der Waals surface area contributed by atoms with E-state index in [-0.39, 0.29) is 15.9 Å². The fourth-order valence-corrected chi connectivity index (χ4v) is 5.49. The van der Waals surface area contributed by atoms with Gasteiger partial charge < -0.3 is 15.7 Å². The molecular weight excluding hydrogens is 360 g/mol. The molecule has 3 N–H and O–H groups in total. The minimum atomic E-state index is 0.142. The highest BCUT2D eigenvalue weighted by molar-refractivity contribution is 8.00. The Morgan fingerprint density at radius 3 is 2.50 bits per heavy atom. The Balaban J connectivity index is 1.67. The maximum absolute atomic E-state index is 9.34. The minimum absolute atomic E-state index is 0.142. The second-order valence-electron chi connectivity index (χ2n) is 8.11. The molecule has 5 heteroatoms. The van der Waals surface area contributed by atoms with E-state index in [0.717, 1.165) is 17.7 Å². The van der Waals surface area contributed by atoms with Crippen LogP contribution in [0.3, 0.4) is 0 Å². The summed E-state index contributed by atoms with van der Waals surface area (Å²) in [4.78, 5) is 1.36. The number of thioether (sulfide) groups is 1. The fourth-order valence-electron chi connectivity index (χ4n) is 3.69. The molecule has 0 atom stereocenters. The van der Waals surface area contributed by atoms with Gasteiger partial charge in [0.15, 0.2) is 5.11 Å². The smallest absolute Gasteiger partial charge is 0.171 e. The minimum Gasteiger partial charge on any atom is -0.508 e. The van der Waals surface area contributed by atoms with Gasteiger partial charge in [0.25, 0.3) is 0 Å². The van der Waals surface area contributed by atoms with Gasteiger partial charge >= 0.3 is 0 Å². The molecule has 2 aromatic carbocycles. The molecular formula is C21H26N2OS2. The van der Waals surface area contributed by atoms with E-state index in [1.807, 2.05) is 23.9 Å². The average Bonchev–Trinajstić information content (AvgIpc) is 2.53. The summed E-state index contributed by atoms with van der Waals surface area (Å²) in [6, 6.07) is 13.6. The Kier molecular flexibility index (Phi) is 5.22. The Labute approximate surface area is 165 Å². The summed E-state index contributed by atoms with van der Waals surface area (Å²) in [5.74, 6) is 0.271. The van der Waals surface area contributed by atoms with Crippen molar-refractivity contribution >= 4 is 34.8 Å². The molecule has 1 aliphatic rings. The van der Waals surface area contributed by atoms with Crippen molar-refractivity contribution in [3.8, 4) is 5.75 Å². The summed E-state index contributed by atoms with van der Waals surface area (Å²) >= 11 is 7.39. The maximum atomic E-state index is 9.34. The highest BCUT2D eigenvalue weighted by atomic mass is 32.2. The number of phenols is 1. The molecule has 2 aromatic rings. The third-order valence-corrected chi connectivity index (χ3v) is 6.13. The van der Waals surface area contributed by atoms with Gasteiger partial charge in [-0.1, -0.05) is 39.8 Å². The first kappa shape index (κ1) is 19.1.